The van der Waals surface area contributed by atoms with Crippen molar-refractivity contribution in [2.75, 3.05) is 20.3 Å². The van der Waals surface area contributed by atoms with E-state index in [-0.39, 0.29) is 24.2 Å². The van der Waals surface area contributed by atoms with Crippen LogP contribution in [0.3, 0.4) is 0 Å². The average molecular weight is 342 g/mol. The molecule has 2 fully saturated rings. The summed E-state index contributed by atoms with van der Waals surface area (Å²) in [7, 11) is 1.76. The molecule has 0 bridgehead atoms. The molecule has 134 valence electrons. The maximum atomic E-state index is 13.2. The lowest BCUT2D eigenvalue weighted by Crippen LogP contribution is -2.56. The van der Waals surface area contributed by atoms with E-state index in [1.54, 1.807) is 7.11 Å². The second-order valence-electron chi connectivity index (χ2n) is 7.28. The highest BCUT2D eigenvalue weighted by Crippen LogP contribution is 2.31. The summed E-state index contributed by atoms with van der Waals surface area (Å²) in [6.45, 7) is 5.43. The predicted octanol–water partition coefficient (Wildman–Crippen LogP) is 3.19. The van der Waals surface area contributed by atoms with Crippen molar-refractivity contribution in [3.8, 4) is 0 Å². The van der Waals surface area contributed by atoms with Crippen LogP contribution >= 0.6 is 0 Å². The number of nitrogens with zero attached hydrogens (tertiary/aromatic N) is 1. The van der Waals surface area contributed by atoms with Gasteiger partial charge in [-0.2, -0.15) is 0 Å². The molecule has 5 nitrogen and oxygen atoms in total. The number of aromatic amines is 1. The molecule has 0 unspecified atom stereocenters. The Kier molecular flexibility index (Phi) is 4.29. The van der Waals surface area contributed by atoms with E-state index in [1.165, 1.54) is 5.56 Å². The number of H-pyrrole nitrogens is 1. The van der Waals surface area contributed by atoms with Crippen molar-refractivity contribution in [2.45, 2.75) is 51.4 Å². The molecule has 1 aliphatic carbocycles. The first kappa shape index (κ1) is 16.6. The molecule has 2 heterocycles. The third-order valence-electron chi connectivity index (χ3n) is 5.92. The van der Waals surface area contributed by atoms with Crippen LogP contribution in [-0.4, -0.2) is 54.3 Å². The summed E-state index contributed by atoms with van der Waals surface area (Å²) in [5.41, 5.74) is 4.21. The fourth-order valence-electron chi connectivity index (χ4n) is 4.30. The maximum Gasteiger partial charge on any atom is 0.254 e. The van der Waals surface area contributed by atoms with Crippen LogP contribution in [0.5, 0.6) is 0 Å². The molecule has 1 saturated carbocycles. The van der Waals surface area contributed by atoms with E-state index in [1.807, 2.05) is 23.1 Å². The van der Waals surface area contributed by atoms with E-state index < -0.39 is 0 Å². The molecule has 1 aliphatic heterocycles. The second kappa shape index (κ2) is 6.46. The fourth-order valence-corrected chi connectivity index (χ4v) is 4.30. The number of nitrogens with one attached hydrogen (secondary N) is 1. The minimum Gasteiger partial charge on any atom is -0.381 e. The maximum absolute atomic E-state index is 13.2. The van der Waals surface area contributed by atoms with E-state index in [9.17, 15) is 4.79 Å². The smallest absolute Gasteiger partial charge is 0.254 e. The van der Waals surface area contributed by atoms with Gasteiger partial charge in [0, 0.05) is 35.8 Å². The van der Waals surface area contributed by atoms with Gasteiger partial charge in [0.1, 0.15) is 0 Å². The number of hydrogen-bond acceptors (Lipinski definition) is 3. The summed E-state index contributed by atoms with van der Waals surface area (Å²) < 4.78 is 11.5. The zero-order valence-electron chi connectivity index (χ0n) is 15.2. The van der Waals surface area contributed by atoms with Crippen LogP contribution in [0.1, 0.15) is 40.9 Å². The molecule has 1 saturated heterocycles. The van der Waals surface area contributed by atoms with Crippen LogP contribution < -0.4 is 0 Å². The minimum absolute atomic E-state index is 0.107. The van der Waals surface area contributed by atoms with E-state index in [4.69, 9.17) is 9.47 Å². The Morgan fingerprint density at radius 1 is 1.32 bits per heavy atom. The lowest BCUT2D eigenvalue weighted by Gasteiger charge is -2.45. The van der Waals surface area contributed by atoms with E-state index in [0.717, 1.165) is 41.4 Å². The van der Waals surface area contributed by atoms with E-state index in [2.05, 4.69) is 18.8 Å². The SMILES string of the molecule is CO[C@@H]1CC[C@@H]2OCCN(C(=O)c3ccc4[nH]c(C)c(C)c4c3)[C@@H]2C1. The molecule has 1 amide bonds. The monoisotopic (exact) mass is 342 g/mol. The third-order valence-corrected chi connectivity index (χ3v) is 5.92. The zero-order valence-corrected chi connectivity index (χ0v) is 15.2. The van der Waals surface area contributed by atoms with Gasteiger partial charge in [-0.25, -0.2) is 0 Å². The van der Waals surface area contributed by atoms with Crippen molar-refractivity contribution in [2.24, 2.45) is 0 Å². The third kappa shape index (κ3) is 2.85. The van der Waals surface area contributed by atoms with Gasteiger partial charge in [0.05, 0.1) is 24.9 Å². The number of aromatic nitrogens is 1. The lowest BCUT2D eigenvalue weighted by atomic mass is 9.87. The van der Waals surface area contributed by atoms with Gasteiger partial charge in [-0.3, -0.25) is 4.79 Å². The first-order chi connectivity index (χ1) is 12.1. The summed E-state index contributed by atoms with van der Waals surface area (Å²) in [6.07, 6.45) is 3.19. The first-order valence-electron chi connectivity index (χ1n) is 9.12. The quantitative estimate of drug-likeness (QED) is 0.912. The number of benzene rings is 1. The molecule has 1 N–H and O–H groups in total. The van der Waals surface area contributed by atoms with Crippen LogP contribution in [-0.2, 0) is 9.47 Å². The summed E-state index contributed by atoms with van der Waals surface area (Å²) >= 11 is 0. The van der Waals surface area contributed by atoms with Crippen molar-refractivity contribution in [1.82, 2.24) is 9.88 Å². The Labute approximate surface area is 148 Å². The van der Waals surface area contributed by atoms with Crippen molar-refractivity contribution in [3.05, 3.63) is 35.0 Å². The summed E-state index contributed by atoms with van der Waals surface area (Å²) in [6, 6.07) is 6.09. The number of hydrogen-bond donors (Lipinski definition) is 1. The van der Waals surface area contributed by atoms with Crippen molar-refractivity contribution in [3.63, 3.8) is 0 Å². The van der Waals surface area contributed by atoms with Gasteiger partial charge in [-0.1, -0.05) is 0 Å². The number of ether oxygens (including phenoxy) is 2. The molecule has 0 radical (unpaired) electrons. The molecule has 2 aromatic rings. The molecular formula is C20H26N2O3. The van der Waals surface area contributed by atoms with Crippen molar-refractivity contribution >= 4 is 16.8 Å². The number of carbonyl (C=O) groups is 1. The largest absolute Gasteiger partial charge is 0.381 e. The Morgan fingerprint density at radius 2 is 2.16 bits per heavy atom. The topological polar surface area (TPSA) is 54.6 Å². The Bertz CT molecular complexity index is 798. The van der Waals surface area contributed by atoms with Crippen LogP contribution in [0.4, 0.5) is 0 Å². The highest BCUT2D eigenvalue weighted by atomic mass is 16.5. The number of methoxy groups -OCH3 is 1. The first-order valence-corrected chi connectivity index (χ1v) is 9.12. The van der Waals surface area contributed by atoms with Gasteiger partial charge in [0.15, 0.2) is 0 Å². The van der Waals surface area contributed by atoms with Crippen LogP contribution in [0, 0.1) is 13.8 Å². The van der Waals surface area contributed by atoms with E-state index in [0.29, 0.717) is 13.2 Å². The van der Waals surface area contributed by atoms with Gasteiger partial charge in [-0.05, 0) is 56.9 Å². The van der Waals surface area contributed by atoms with Gasteiger partial charge >= 0.3 is 0 Å². The van der Waals surface area contributed by atoms with Gasteiger partial charge in [-0.15, -0.1) is 0 Å². The van der Waals surface area contributed by atoms with Crippen LogP contribution in [0.25, 0.3) is 10.9 Å². The molecule has 4 rings (SSSR count). The molecule has 2 aliphatic rings. The lowest BCUT2D eigenvalue weighted by molar-refractivity contribution is -0.101. The average Bonchev–Trinajstić information content (AvgIpc) is 2.93. The summed E-state index contributed by atoms with van der Waals surface area (Å²) in [5.74, 6) is 0.107. The Balaban J connectivity index is 1.63. The molecule has 3 atom stereocenters. The normalized spacial score (nSPS) is 26.7. The number of rotatable bonds is 2. The van der Waals surface area contributed by atoms with E-state index >= 15 is 0 Å². The van der Waals surface area contributed by atoms with Crippen molar-refractivity contribution in [1.29, 1.82) is 0 Å². The van der Waals surface area contributed by atoms with Crippen molar-refractivity contribution < 1.29 is 14.3 Å². The molecule has 1 aromatic carbocycles. The fraction of sp³-hybridized carbons (Fsp3) is 0.550. The Hall–Kier alpha value is -1.85. The Morgan fingerprint density at radius 3 is 2.96 bits per heavy atom. The van der Waals surface area contributed by atoms with Gasteiger partial charge < -0.3 is 19.4 Å². The number of carbonyl (C=O) groups excluding carboxylic acids is 1. The van der Waals surface area contributed by atoms with Crippen LogP contribution in [0.15, 0.2) is 18.2 Å². The zero-order chi connectivity index (χ0) is 17.6. The molecule has 5 heteroatoms. The van der Waals surface area contributed by atoms with Gasteiger partial charge in [0.25, 0.3) is 5.91 Å². The number of aryl methyl sites for hydroxylation is 2. The van der Waals surface area contributed by atoms with Gasteiger partial charge in [0.2, 0.25) is 0 Å². The standard InChI is InChI=1S/C20H26N2O3/c1-12-13(2)21-17-6-4-14(10-16(12)17)20(23)22-8-9-25-19-7-5-15(24-3)11-18(19)22/h4,6,10,15,18-19,21H,5,7-9,11H2,1-3H3/t15-,18-,19+/m1/s1. The second-order valence-corrected chi connectivity index (χ2v) is 7.28. The minimum atomic E-state index is 0.107. The molecule has 1 aromatic heterocycles. The number of amides is 1. The summed E-state index contributed by atoms with van der Waals surface area (Å²) in [4.78, 5) is 18.6. The molecule has 0 spiro atoms. The molecule has 25 heavy (non-hydrogen) atoms. The number of morpholine rings is 1. The predicted molar refractivity (Wildman–Crippen MR) is 97.0 cm³/mol. The van der Waals surface area contributed by atoms with Crippen LogP contribution in [0.2, 0.25) is 0 Å². The summed E-state index contributed by atoms with van der Waals surface area (Å²) in [5, 5.41) is 1.13. The number of fused-ring (bicyclic) bond motifs is 2. The highest BCUT2D eigenvalue weighted by molar-refractivity contribution is 5.99. The highest BCUT2D eigenvalue weighted by Gasteiger charge is 2.40. The molecular weight excluding hydrogens is 316 g/mol.